The summed E-state index contributed by atoms with van der Waals surface area (Å²) in [6.45, 7) is 4.85. The molecule has 0 saturated heterocycles. The van der Waals surface area contributed by atoms with Crippen molar-refractivity contribution in [2.75, 3.05) is 33.4 Å². The number of hydrogen-bond donors (Lipinski definition) is 0. The van der Waals surface area contributed by atoms with E-state index in [-0.39, 0.29) is 5.78 Å². The zero-order valence-electron chi connectivity index (χ0n) is 11.9. The van der Waals surface area contributed by atoms with Crippen LogP contribution in [-0.2, 0) is 4.74 Å². The van der Waals surface area contributed by atoms with Crippen molar-refractivity contribution in [2.45, 2.75) is 19.8 Å². The number of aryl methyl sites for hydroxylation is 1. The first-order chi connectivity index (χ1) is 9.16. The summed E-state index contributed by atoms with van der Waals surface area (Å²) in [6, 6.07) is 7.75. The topological polar surface area (TPSA) is 29.5 Å². The smallest absolute Gasteiger partial charge is 0.177 e. The van der Waals surface area contributed by atoms with Gasteiger partial charge >= 0.3 is 0 Å². The van der Waals surface area contributed by atoms with Gasteiger partial charge in [0.05, 0.1) is 13.2 Å². The molecule has 0 radical (unpaired) electrons. The molecule has 0 bridgehead atoms. The molecule has 1 aliphatic rings. The minimum absolute atomic E-state index is 0.183. The number of nitrogens with zero attached hydrogens (tertiary/aromatic N) is 1. The van der Waals surface area contributed by atoms with E-state index in [0.29, 0.717) is 13.2 Å². The van der Waals surface area contributed by atoms with E-state index in [1.807, 2.05) is 43.1 Å². The fraction of sp³-hybridized carbons (Fsp3) is 0.562. The molecule has 3 heteroatoms. The third-order valence-corrected chi connectivity index (χ3v) is 3.53. The number of hydrogen-bond acceptors (Lipinski definition) is 3. The number of carbonyl (C=O) groups excluding carboxylic acids is 1. The Morgan fingerprint density at radius 1 is 1.37 bits per heavy atom. The van der Waals surface area contributed by atoms with E-state index in [1.54, 1.807) is 0 Å². The Hall–Kier alpha value is -1.19. The standard InChI is InChI=1S/C16H23NO2/c1-13-5-3-4-6-15(13)16(18)11-17(2)9-10-19-12-14-7-8-14/h3-6,14H,7-12H2,1-2H3. The molecule has 0 unspecified atom stereocenters. The lowest BCUT2D eigenvalue weighted by Gasteiger charge is -2.16. The molecule has 0 N–H and O–H groups in total. The first kappa shape index (κ1) is 14.2. The minimum atomic E-state index is 0.183. The predicted molar refractivity (Wildman–Crippen MR) is 76.5 cm³/mol. The highest BCUT2D eigenvalue weighted by Crippen LogP contribution is 2.28. The second-order valence-electron chi connectivity index (χ2n) is 5.49. The van der Waals surface area contributed by atoms with Gasteiger partial charge in [-0.25, -0.2) is 0 Å². The molecule has 0 heterocycles. The quantitative estimate of drug-likeness (QED) is 0.532. The average Bonchev–Trinajstić information content (AvgIpc) is 3.19. The van der Waals surface area contributed by atoms with Gasteiger partial charge in [0.25, 0.3) is 0 Å². The third-order valence-electron chi connectivity index (χ3n) is 3.53. The van der Waals surface area contributed by atoms with Gasteiger partial charge in [0.2, 0.25) is 0 Å². The highest BCUT2D eigenvalue weighted by molar-refractivity contribution is 5.98. The number of benzene rings is 1. The van der Waals surface area contributed by atoms with Crippen LogP contribution in [0.2, 0.25) is 0 Å². The fourth-order valence-electron chi connectivity index (χ4n) is 2.05. The number of ketones is 1. The number of likely N-dealkylation sites (N-methyl/N-ethyl adjacent to an activating group) is 1. The normalized spacial score (nSPS) is 14.9. The van der Waals surface area contributed by atoms with Crippen molar-refractivity contribution in [3.63, 3.8) is 0 Å². The number of ether oxygens (including phenoxy) is 1. The van der Waals surface area contributed by atoms with Crippen LogP contribution in [-0.4, -0.2) is 44.0 Å². The van der Waals surface area contributed by atoms with E-state index in [1.165, 1.54) is 12.8 Å². The van der Waals surface area contributed by atoms with Gasteiger partial charge in [-0.3, -0.25) is 9.69 Å². The van der Waals surface area contributed by atoms with Crippen molar-refractivity contribution in [3.05, 3.63) is 35.4 Å². The van der Waals surface area contributed by atoms with Crippen molar-refractivity contribution in [1.82, 2.24) is 4.90 Å². The highest BCUT2D eigenvalue weighted by atomic mass is 16.5. The van der Waals surface area contributed by atoms with Gasteiger partial charge in [-0.1, -0.05) is 24.3 Å². The Labute approximate surface area is 115 Å². The molecule has 1 aromatic carbocycles. The van der Waals surface area contributed by atoms with Gasteiger partial charge in [-0.2, -0.15) is 0 Å². The summed E-state index contributed by atoms with van der Waals surface area (Å²) in [5.41, 5.74) is 1.87. The molecule has 1 aromatic rings. The van der Waals surface area contributed by atoms with Gasteiger partial charge in [-0.15, -0.1) is 0 Å². The second kappa shape index (κ2) is 6.83. The van der Waals surface area contributed by atoms with Crippen LogP contribution in [0.25, 0.3) is 0 Å². The summed E-state index contributed by atoms with van der Waals surface area (Å²) in [6.07, 6.45) is 2.64. The maximum absolute atomic E-state index is 12.1. The zero-order chi connectivity index (χ0) is 13.7. The van der Waals surface area contributed by atoms with E-state index >= 15 is 0 Å². The Balaban J connectivity index is 1.70. The Kier molecular flexibility index (Phi) is 5.11. The lowest BCUT2D eigenvalue weighted by Crippen LogP contribution is -2.29. The molecule has 2 rings (SSSR count). The first-order valence-corrected chi connectivity index (χ1v) is 7.02. The molecule has 1 aliphatic carbocycles. The van der Waals surface area contributed by atoms with Crippen molar-refractivity contribution in [3.8, 4) is 0 Å². The van der Waals surface area contributed by atoms with Crippen molar-refractivity contribution in [1.29, 1.82) is 0 Å². The van der Waals surface area contributed by atoms with Gasteiger partial charge in [0.15, 0.2) is 5.78 Å². The highest BCUT2D eigenvalue weighted by Gasteiger charge is 2.21. The molecule has 1 saturated carbocycles. The lowest BCUT2D eigenvalue weighted by atomic mass is 10.0. The number of carbonyl (C=O) groups is 1. The van der Waals surface area contributed by atoms with Crippen molar-refractivity contribution >= 4 is 5.78 Å². The third kappa shape index (κ3) is 4.77. The average molecular weight is 261 g/mol. The minimum Gasteiger partial charge on any atom is -0.380 e. The van der Waals surface area contributed by atoms with Crippen LogP contribution in [0.4, 0.5) is 0 Å². The van der Waals surface area contributed by atoms with Gasteiger partial charge in [-0.05, 0) is 38.3 Å². The van der Waals surface area contributed by atoms with E-state index in [9.17, 15) is 4.79 Å². The molecule has 0 aromatic heterocycles. The Morgan fingerprint density at radius 3 is 2.79 bits per heavy atom. The molecule has 0 spiro atoms. The SMILES string of the molecule is Cc1ccccc1C(=O)CN(C)CCOCC1CC1. The molecule has 3 nitrogen and oxygen atoms in total. The van der Waals surface area contributed by atoms with Crippen molar-refractivity contribution < 1.29 is 9.53 Å². The predicted octanol–water partition coefficient (Wildman–Crippen LogP) is 2.54. The van der Waals surface area contributed by atoms with Crippen LogP contribution in [0.15, 0.2) is 24.3 Å². The van der Waals surface area contributed by atoms with Gasteiger partial charge in [0, 0.05) is 18.7 Å². The number of rotatable bonds is 8. The molecule has 1 fully saturated rings. The maximum Gasteiger partial charge on any atom is 0.177 e. The molecular formula is C16H23NO2. The Morgan fingerprint density at radius 2 is 2.11 bits per heavy atom. The summed E-state index contributed by atoms with van der Waals surface area (Å²) in [5.74, 6) is 0.988. The molecule has 0 atom stereocenters. The van der Waals surface area contributed by atoms with Crippen LogP contribution in [0.3, 0.4) is 0 Å². The van der Waals surface area contributed by atoms with Crippen LogP contribution in [0, 0.1) is 12.8 Å². The first-order valence-electron chi connectivity index (χ1n) is 7.02. The Bertz CT molecular complexity index is 427. The monoisotopic (exact) mass is 261 g/mol. The van der Waals surface area contributed by atoms with E-state index in [2.05, 4.69) is 0 Å². The van der Waals surface area contributed by atoms with Crippen LogP contribution >= 0.6 is 0 Å². The van der Waals surface area contributed by atoms with Crippen LogP contribution < -0.4 is 0 Å². The zero-order valence-corrected chi connectivity index (χ0v) is 11.9. The van der Waals surface area contributed by atoms with E-state index in [4.69, 9.17) is 4.74 Å². The van der Waals surface area contributed by atoms with Crippen LogP contribution in [0.5, 0.6) is 0 Å². The largest absolute Gasteiger partial charge is 0.380 e. The lowest BCUT2D eigenvalue weighted by molar-refractivity contribution is 0.0860. The summed E-state index contributed by atoms with van der Waals surface area (Å²) in [5, 5.41) is 0. The van der Waals surface area contributed by atoms with Gasteiger partial charge in [0.1, 0.15) is 0 Å². The molecule has 0 amide bonds. The summed E-state index contributed by atoms with van der Waals surface area (Å²) in [4.78, 5) is 14.2. The number of Topliss-reactive ketones (excluding diaryl/α,β-unsaturated/α-hetero) is 1. The summed E-state index contributed by atoms with van der Waals surface area (Å²) >= 11 is 0. The fourth-order valence-corrected chi connectivity index (χ4v) is 2.05. The molecule has 104 valence electrons. The van der Waals surface area contributed by atoms with E-state index in [0.717, 1.165) is 30.2 Å². The summed E-state index contributed by atoms with van der Waals surface area (Å²) in [7, 11) is 1.97. The van der Waals surface area contributed by atoms with Crippen LogP contribution in [0.1, 0.15) is 28.8 Å². The van der Waals surface area contributed by atoms with E-state index < -0.39 is 0 Å². The summed E-state index contributed by atoms with van der Waals surface area (Å²) < 4.78 is 5.59. The molecule has 19 heavy (non-hydrogen) atoms. The van der Waals surface area contributed by atoms with Gasteiger partial charge < -0.3 is 4.74 Å². The van der Waals surface area contributed by atoms with Crippen molar-refractivity contribution in [2.24, 2.45) is 5.92 Å². The second-order valence-corrected chi connectivity index (χ2v) is 5.49. The maximum atomic E-state index is 12.1. The molecular weight excluding hydrogens is 238 g/mol. The molecule has 0 aliphatic heterocycles.